The average molecular weight is 355 g/mol. The molecule has 6 nitrogen and oxygen atoms in total. The van der Waals surface area contributed by atoms with Gasteiger partial charge in [-0.3, -0.25) is 0 Å². The quantitative estimate of drug-likeness (QED) is 0.896. The number of ether oxygens (including phenoxy) is 1. The minimum atomic E-state index is -0.855. The molecule has 2 heterocycles. The van der Waals surface area contributed by atoms with E-state index in [1.807, 2.05) is 51.1 Å². The van der Waals surface area contributed by atoms with Crippen molar-refractivity contribution in [2.45, 2.75) is 45.3 Å². The number of amides is 1. The molecule has 0 saturated heterocycles. The molecule has 138 valence electrons. The number of rotatable bonds is 2. The van der Waals surface area contributed by atoms with Crippen LogP contribution in [-0.4, -0.2) is 44.8 Å². The first-order valence-corrected chi connectivity index (χ1v) is 8.89. The van der Waals surface area contributed by atoms with Gasteiger partial charge in [-0.15, -0.1) is 0 Å². The summed E-state index contributed by atoms with van der Waals surface area (Å²) in [6.07, 6.45) is 1.90. The molecule has 0 bridgehead atoms. The summed E-state index contributed by atoms with van der Waals surface area (Å²) in [7, 11) is 0. The highest BCUT2D eigenvalue weighted by Crippen LogP contribution is 2.21. The van der Waals surface area contributed by atoms with Gasteiger partial charge in [0.2, 0.25) is 0 Å². The van der Waals surface area contributed by atoms with Crippen LogP contribution in [0.1, 0.15) is 49.5 Å². The third-order valence-electron chi connectivity index (χ3n) is 4.25. The van der Waals surface area contributed by atoms with Crippen molar-refractivity contribution in [3.63, 3.8) is 0 Å². The van der Waals surface area contributed by atoms with Gasteiger partial charge in [-0.25, -0.2) is 14.8 Å². The lowest BCUT2D eigenvalue weighted by Crippen LogP contribution is -2.38. The van der Waals surface area contributed by atoms with E-state index in [2.05, 4.69) is 9.97 Å². The fourth-order valence-corrected chi connectivity index (χ4v) is 2.92. The van der Waals surface area contributed by atoms with Crippen LogP contribution < -0.4 is 0 Å². The molecule has 1 aromatic heterocycles. The van der Waals surface area contributed by atoms with Crippen LogP contribution in [0.5, 0.6) is 0 Å². The minimum absolute atomic E-state index is 0.303. The Kier molecular flexibility index (Phi) is 5.23. The van der Waals surface area contributed by atoms with E-state index < -0.39 is 11.7 Å². The van der Waals surface area contributed by atoms with E-state index in [1.54, 1.807) is 11.1 Å². The predicted octanol–water partition coefficient (Wildman–Crippen LogP) is 2.89. The van der Waals surface area contributed by atoms with Crippen molar-refractivity contribution < 1.29 is 14.6 Å². The smallest absolute Gasteiger partial charge is 0.410 e. The molecule has 1 aliphatic rings. The van der Waals surface area contributed by atoms with Crippen LogP contribution in [0.15, 0.2) is 36.5 Å². The summed E-state index contributed by atoms with van der Waals surface area (Å²) >= 11 is 0. The van der Waals surface area contributed by atoms with Gasteiger partial charge in [0.05, 0.1) is 0 Å². The van der Waals surface area contributed by atoms with Crippen molar-refractivity contribution in [2.75, 3.05) is 13.1 Å². The molecular formula is C20H25N3O3. The van der Waals surface area contributed by atoms with E-state index in [-0.39, 0.29) is 6.09 Å². The number of aliphatic hydroxyl groups is 1. The molecule has 1 atom stereocenters. The minimum Gasteiger partial charge on any atom is -0.444 e. The summed E-state index contributed by atoms with van der Waals surface area (Å²) in [5, 5.41) is 10.5. The fraction of sp³-hybridized carbons (Fsp3) is 0.450. The van der Waals surface area contributed by atoms with E-state index in [1.165, 1.54) is 0 Å². The number of carbonyl (C=O) groups excluding carboxylic acids is 1. The number of carbonyl (C=O) groups is 1. The third-order valence-corrected chi connectivity index (χ3v) is 4.25. The maximum Gasteiger partial charge on any atom is 0.410 e. The molecule has 2 aromatic rings. The average Bonchev–Trinajstić information content (AvgIpc) is 2.82. The first-order chi connectivity index (χ1) is 12.3. The van der Waals surface area contributed by atoms with Crippen LogP contribution in [0, 0.1) is 0 Å². The van der Waals surface area contributed by atoms with Crippen molar-refractivity contribution >= 4 is 6.09 Å². The second kappa shape index (κ2) is 7.41. The Balaban J connectivity index is 1.74. The number of aliphatic hydroxyl groups excluding tert-OH is 1. The molecule has 26 heavy (non-hydrogen) atoms. The van der Waals surface area contributed by atoms with E-state index in [0.717, 1.165) is 16.8 Å². The lowest BCUT2D eigenvalue weighted by molar-refractivity contribution is 0.0258. The highest BCUT2D eigenvalue weighted by Gasteiger charge is 2.25. The highest BCUT2D eigenvalue weighted by atomic mass is 16.6. The molecular weight excluding hydrogens is 330 g/mol. The van der Waals surface area contributed by atoms with E-state index in [9.17, 15) is 9.90 Å². The Labute approximate surface area is 153 Å². The Morgan fingerprint density at radius 1 is 1.19 bits per heavy atom. The van der Waals surface area contributed by atoms with Crippen molar-refractivity contribution in [3.05, 3.63) is 59.2 Å². The van der Waals surface area contributed by atoms with Crippen molar-refractivity contribution in [3.8, 4) is 0 Å². The van der Waals surface area contributed by atoms with E-state index in [0.29, 0.717) is 31.8 Å². The summed E-state index contributed by atoms with van der Waals surface area (Å²) in [5.41, 5.74) is 2.15. The SMILES string of the molecule is CC(C)(C)OC(=O)N1CCc2cnc([C@@H](O)c3ccccc3)nc2CC1. The molecule has 1 N–H and O–H groups in total. The molecule has 1 aliphatic heterocycles. The summed E-state index contributed by atoms with van der Waals surface area (Å²) in [6.45, 7) is 6.70. The Morgan fingerprint density at radius 3 is 2.58 bits per heavy atom. The second-order valence-corrected chi connectivity index (χ2v) is 7.48. The van der Waals surface area contributed by atoms with Gasteiger partial charge < -0.3 is 14.7 Å². The molecule has 6 heteroatoms. The largest absolute Gasteiger partial charge is 0.444 e. The maximum atomic E-state index is 12.3. The number of benzene rings is 1. The van der Waals surface area contributed by atoms with Crippen LogP contribution in [0.2, 0.25) is 0 Å². The summed E-state index contributed by atoms with van der Waals surface area (Å²) < 4.78 is 5.46. The number of hydrogen-bond donors (Lipinski definition) is 1. The summed E-state index contributed by atoms with van der Waals surface area (Å²) in [4.78, 5) is 22.9. The lowest BCUT2D eigenvalue weighted by atomic mass is 10.1. The molecule has 1 aromatic carbocycles. The van der Waals surface area contributed by atoms with Crippen molar-refractivity contribution in [2.24, 2.45) is 0 Å². The third kappa shape index (κ3) is 4.38. The summed E-state index contributed by atoms with van der Waals surface area (Å²) in [5.74, 6) is 0.390. The first kappa shape index (κ1) is 18.3. The molecule has 0 spiro atoms. The van der Waals surface area contributed by atoms with Gasteiger partial charge in [0.1, 0.15) is 11.7 Å². The number of aromatic nitrogens is 2. The molecule has 0 unspecified atom stereocenters. The fourth-order valence-electron chi connectivity index (χ4n) is 2.92. The Morgan fingerprint density at radius 2 is 1.88 bits per heavy atom. The summed E-state index contributed by atoms with van der Waals surface area (Å²) in [6, 6.07) is 9.36. The normalized spacial score (nSPS) is 15.8. The lowest BCUT2D eigenvalue weighted by Gasteiger charge is -2.26. The van der Waals surface area contributed by atoms with Gasteiger partial charge in [-0.2, -0.15) is 0 Å². The topological polar surface area (TPSA) is 75.5 Å². The van der Waals surface area contributed by atoms with Crippen LogP contribution in [-0.2, 0) is 17.6 Å². The van der Waals surface area contributed by atoms with E-state index >= 15 is 0 Å². The van der Waals surface area contributed by atoms with E-state index in [4.69, 9.17) is 4.74 Å². The maximum absolute atomic E-state index is 12.3. The van der Waals surface area contributed by atoms with Gasteiger partial charge in [0.25, 0.3) is 0 Å². The molecule has 3 rings (SSSR count). The van der Waals surface area contributed by atoms with Gasteiger partial charge in [0, 0.05) is 31.4 Å². The number of hydrogen-bond acceptors (Lipinski definition) is 5. The monoisotopic (exact) mass is 355 g/mol. The number of fused-ring (bicyclic) bond motifs is 1. The predicted molar refractivity (Wildman–Crippen MR) is 97.8 cm³/mol. The van der Waals surface area contributed by atoms with Gasteiger partial charge >= 0.3 is 6.09 Å². The molecule has 1 amide bonds. The number of nitrogens with zero attached hydrogens (tertiary/aromatic N) is 3. The van der Waals surface area contributed by atoms with Crippen molar-refractivity contribution in [1.29, 1.82) is 0 Å². The zero-order valence-corrected chi connectivity index (χ0v) is 15.5. The molecule has 0 radical (unpaired) electrons. The molecule has 0 saturated carbocycles. The second-order valence-electron chi connectivity index (χ2n) is 7.48. The zero-order chi connectivity index (χ0) is 18.7. The van der Waals surface area contributed by atoms with Crippen LogP contribution in [0.25, 0.3) is 0 Å². The molecule has 0 fully saturated rings. The Bertz CT molecular complexity index is 772. The van der Waals surface area contributed by atoms with Gasteiger partial charge in [-0.1, -0.05) is 30.3 Å². The zero-order valence-electron chi connectivity index (χ0n) is 15.5. The van der Waals surface area contributed by atoms with Crippen LogP contribution in [0.3, 0.4) is 0 Å². The highest BCUT2D eigenvalue weighted by molar-refractivity contribution is 5.68. The van der Waals surface area contributed by atoms with Gasteiger partial charge in [0.15, 0.2) is 5.82 Å². The standard InChI is InChI=1S/C20H25N3O3/c1-20(2,3)26-19(25)23-11-9-15-13-21-18(22-16(15)10-12-23)17(24)14-7-5-4-6-8-14/h4-8,13,17,24H,9-12H2,1-3H3/t17-/m0/s1. The van der Waals surface area contributed by atoms with Gasteiger partial charge in [-0.05, 0) is 38.3 Å². The molecule has 0 aliphatic carbocycles. The Hall–Kier alpha value is -2.47. The van der Waals surface area contributed by atoms with Crippen LogP contribution >= 0.6 is 0 Å². The van der Waals surface area contributed by atoms with Crippen molar-refractivity contribution in [1.82, 2.24) is 14.9 Å². The van der Waals surface area contributed by atoms with Crippen LogP contribution in [0.4, 0.5) is 4.79 Å². The first-order valence-electron chi connectivity index (χ1n) is 8.89.